The Morgan fingerprint density at radius 1 is 1.02 bits per heavy atom. The van der Waals surface area contributed by atoms with Crippen LogP contribution in [0.3, 0.4) is 0 Å². The molecule has 1 saturated heterocycles. The summed E-state index contributed by atoms with van der Waals surface area (Å²) in [6.45, 7) is 23.3. The molecule has 4 atom stereocenters. The van der Waals surface area contributed by atoms with Gasteiger partial charge >= 0.3 is 5.69 Å². The highest BCUT2D eigenvalue weighted by Crippen LogP contribution is 2.52. The highest BCUT2D eigenvalue weighted by Gasteiger charge is 2.67. The highest BCUT2D eigenvalue weighted by atomic mass is 127. The second-order valence-corrected chi connectivity index (χ2v) is 27.6. The van der Waals surface area contributed by atoms with Crippen LogP contribution in [0.4, 0.5) is 0 Å². The maximum Gasteiger partial charge on any atom is 0.333 e. The minimum atomic E-state index is -4.21. The second kappa shape index (κ2) is 13.5. The van der Waals surface area contributed by atoms with Gasteiger partial charge in [-0.15, -0.1) is 0 Å². The van der Waals surface area contributed by atoms with Crippen LogP contribution in [0.15, 0.2) is 26.9 Å². The first-order valence-electron chi connectivity index (χ1n) is 15.6. The Balaban J connectivity index is 0.00000736. The predicted octanol–water partition coefficient (Wildman–Crippen LogP) is 0.627. The molecule has 0 aliphatic carbocycles. The Kier molecular flexibility index (Phi) is 12.1. The van der Waals surface area contributed by atoms with Crippen molar-refractivity contribution in [3.63, 3.8) is 0 Å². The van der Waals surface area contributed by atoms with E-state index in [-0.39, 0.29) is 58.5 Å². The van der Waals surface area contributed by atoms with Crippen LogP contribution in [0.2, 0.25) is 36.3 Å². The Labute approximate surface area is 294 Å². The number of hydrogen-bond acceptors (Lipinski definition) is 9. The van der Waals surface area contributed by atoms with Gasteiger partial charge in [0.15, 0.2) is 28.5 Å². The van der Waals surface area contributed by atoms with Crippen molar-refractivity contribution in [2.45, 2.75) is 122 Å². The first-order valence-corrected chi connectivity index (χ1v) is 22.9. The molecule has 1 aromatic rings. The molecule has 0 bridgehead atoms. The van der Waals surface area contributed by atoms with Gasteiger partial charge in [-0.25, -0.2) is 8.98 Å². The average molecular weight is 817 g/mol. The number of rotatable bonds is 10. The Morgan fingerprint density at radius 2 is 1.57 bits per heavy atom. The van der Waals surface area contributed by atoms with Crippen LogP contribution in [-0.4, -0.2) is 90.8 Å². The molecular formula is C30H57IN4O8SSi2. The zero-order chi connectivity index (χ0) is 34.8. The van der Waals surface area contributed by atoms with E-state index in [1.165, 1.54) is 15.3 Å². The monoisotopic (exact) mass is 816 g/mol. The van der Waals surface area contributed by atoms with E-state index in [0.29, 0.717) is 16.5 Å². The number of aromatic nitrogens is 2. The SMILES string of the molecule is Cc1cn([C@@H]2O[C@H](CO[Si](C)(C)C(C)(C)C)[C@@]3(OS(=O)(=O)C=C3N)[C@H]2O[Si](C)(C)C(C)(C)C)c(=O)n(CCC[N+](C)(C)C)c1=O.[I-]. The molecule has 266 valence electrons. The van der Waals surface area contributed by atoms with Crippen LogP contribution >= 0.6 is 0 Å². The van der Waals surface area contributed by atoms with E-state index in [2.05, 4.69) is 54.6 Å². The number of ether oxygens (including phenoxy) is 1. The van der Waals surface area contributed by atoms with Crippen molar-refractivity contribution in [1.29, 1.82) is 0 Å². The first kappa shape index (κ1) is 41.3. The average Bonchev–Trinajstić information content (AvgIpc) is 3.26. The molecule has 2 N–H and O–H groups in total. The molecule has 0 unspecified atom stereocenters. The first-order chi connectivity index (χ1) is 20.1. The molecule has 3 heterocycles. The minimum absolute atomic E-state index is 0. The van der Waals surface area contributed by atoms with Gasteiger partial charge in [0, 0.05) is 24.7 Å². The molecule has 2 aliphatic rings. The van der Waals surface area contributed by atoms with Crippen LogP contribution in [0.25, 0.3) is 0 Å². The number of hydrogen-bond donors (Lipinski definition) is 1. The maximum atomic E-state index is 14.1. The summed E-state index contributed by atoms with van der Waals surface area (Å²) in [5.74, 6) is 0. The fourth-order valence-corrected chi connectivity index (χ4v) is 8.56. The van der Waals surface area contributed by atoms with Gasteiger partial charge in [-0.3, -0.25) is 13.9 Å². The summed E-state index contributed by atoms with van der Waals surface area (Å²) in [6.07, 6.45) is -1.28. The topological polar surface area (TPSA) is 141 Å². The second-order valence-electron chi connectivity index (χ2n) is 16.7. The molecule has 12 nitrogen and oxygen atoms in total. The molecule has 46 heavy (non-hydrogen) atoms. The molecule has 0 amide bonds. The van der Waals surface area contributed by atoms with Gasteiger partial charge in [0.05, 0.1) is 45.4 Å². The predicted molar refractivity (Wildman–Crippen MR) is 181 cm³/mol. The van der Waals surface area contributed by atoms with Gasteiger partial charge < -0.3 is 47.8 Å². The molecule has 16 heteroatoms. The van der Waals surface area contributed by atoms with Crippen molar-refractivity contribution >= 4 is 26.8 Å². The lowest BCUT2D eigenvalue weighted by atomic mass is 9.89. The summed E-state index contributed by atoms with van der Waals surface area (Å²) >= 11 is 0. The van der Waals surface area contributed by atoms with E-state index in [1.807, 2.05) is 34.2 Å². The van der Waals surface area contributed by atoms with Crippen molar-refractivity contribution in [2.75, 3.05) is 34.3 Å². The van der Waals surface area contributed by atoms with E-state index in [4.69, 9.17) is 23.5 Å². The number of nitrogens with zero attached hydrogens (tertiary/aromatic N) is 3. The van der Waals surface area contributed by atoms with Crippen LogP contribution in [-0.2, 0) is 34.4 Å². The molecule has 0 saturated carbocycles. The fraction of sp³-hybridized carbons (Fsp3) is 0.800. The summed E-state index contributed by atoms with van der Waals surface area (Å²) in [7, 11) is -3.11. The lowest BCUT2D eigenvalue weighted by Gasteiger charge is -2.43. The number of nitrogens with two attached hydrogens (primary N) is 1. The molecule has 1 fully saturated rings. The van der Waals surface area contributed by atoms with Crippen LogP contribution < -0.4 is 41.0 Å². The van der Waals surface area contributed by atoms with Gasteiger partial charge in [-0.2, -0.15) is 8.42 Å². The summed E-state index contributed by atoms with van der Waals surface area (Å²) in [6, 6.07) is 0. The summed E-state index contributed by atoms with van der Waals surface area (Å²) < 4.78 is 55.4. The smallest absolute Gasteiger partial charge is 0.333 e. The molecule has 2 aliphatic heterocycles. The van der Waals surface area contributed by atoms with Crippen molar-refractivity contribution in [2.24, 2.45) is 5.73 Å². The van der Waals surface area contributed by atoms with Crippen LogP contribution in [0.5, 0.6) is 0 Å². The molecule has 0 aromatic carbocycles. The number of aryl methyl sites for hydroxylation is 1. The van der Waals surface area contributed by atoms with Crippen molar-refractivity contribution in [3.8, 4) is 0 Å². The van der Waals surface area contributed by atoms with Crippen LogP contribution in [0, 0.1) is 6.92 Å². The molecule has 1 aromatic heterocycles. The number of quaternary nitrogens is 1. The Morgan fingerprint density at radius 3 is 2.02 bits per heavy atom. The van der Waals surface area contributed by atoms with Gasteiger partial charge in [-0.1, -0.05) is 41.5 Å². The van der Waals surface area contributed by atoms with E-state index in [0.717, 1.165) is 12.0 Å². The van der Waals surface area contributed by atoms with E-state index >= 15 is 0 Å². The van der Waals surface area contributed by atoms with Gasteiger partial charge in [0.2, 0.25) is 0 Å². The maximum absolute atomic E-state index is 14.1. The largest absolute Gasteiger partial charge is 1.00 e. The zero-order valence-electron chi connectivity index (χ0n) is 30.2. The lowest BCUT2D eigenvalue weighted by molar-refractivity contribution is -0.870. The zero-order valence-corrected chi connectivity index (χ0v) is 35.2. The van der Waals surface area contributed by atoms with Gasteiger partial charge in [0.25, 0.3) is 15.7 Å². The van der Waals surface area contributed by atoms with Crippen molar-refractivity contribution in [3.05, 3.63) is 43.7 Å². The Hall–Kier alpha value is -0.866. The highest BCUT2D eigenvalue weighted by molar-refractivity contribution is 7.90. The third-order valence-electron chi connectivity index (χ3n) is 9.92. The van der Waals surface area contributed by atoms with E-state index in [9.17, 15) is 18.0 Å². The quantitative estimate of drug-likeness (QED) is 0.156. The molecule has 0 radical (unpaired) electrons. The summed E-state index contributed by atoms with van der Waals surface area (Å²) in [5.41, 5.74) is 4.09. The van der Waals surface area contributed by atoms with E-state index < -0.39 is 56.5 Å². The normalized spacial score (nSPS) is 25.5. The van der Waals surface area contributed by atoms with Crippen molar-refractivity contribution in [1.82, 2.24) is 9.13 Å². The lowest BCUT2D eigenvalue weighted by Crippen LogP contribution is -3.00. The van der Waals surface area contributed by atoms with Crippen molar-refractivity contribution < 1.29 is 54.6 Å². The fourth-order valence-electron chi connectivity index (χ4n) is 5.05. The molecule has 3 rings (SSSR count). The third-order valence-corrected chi connectivity index (χ3v) is 19.9. The third kappa shape index (κ3) is 8.29. The van der Waals surface area contributed by atoms with Crippen LogP contribution in [0.1, 0.15) is 59.8 Å². The summed E-state index contributed by atoms with van der Waals surface area (Å²) in [4.78, 5) is 27.4. The molecular weight excluding hydrogens is 759 g/mol. The number of halogens is 1. The van der Waals surface area contributed by atoms with E-state index in [1.54, 1.807) is 6.92 Å². The molecule has 1 spiro atoms. The van der Waals surface area contributed by atoms with Gasteiger partial charge in [0.1, 0.15) is 12.2 Å². The minimum Gasteiger partial charge on any atom is -1.00 e. The Bertz CT molecular complexity index is 1540. The van der Waals surface area contributed by atoms with Gasteiger partial charge in [-0.05, 0) is 43.2 Å². The summed E-state index contributed by atoms with van der Waals surface area (Å²) in [5, 5.41) is 0.462. The standard InChI is InChI=1S/C30H57N4O8SSi2.HI/c1-21-18-33(27(36)32(25(21)35)16-15-17-34(8,9)10)26-24(41-45(13,14)29(5,6)7)30(22(31)20-43(37,38)42-30)23(40-26)19-39-44(11,12)28(2,3)4;/h18,20,23-24,26H,15-17,19,31H2,1-14H3;1H/q+1;/p-1/t23-,24+,26-,30-;/m1./s1.